The third-order valence-corrected chi connectivity index (χ3v) is 4.50. The van der Waals surface area contributed by atoms with Crippen molar-refractivity contribution in [2.24, 2.45) is 0 Å². The van der Waals surface area contributed by atoms with Gasteiger partial charge in [0.1, 0.15) is 11.5 Å². The number of aromatic nitrogens is 1. The highest BCUT2D eigenvalue weighted by Crippen LogP contribution is 2.26. The minimum Gasteiger partial charge on any atom is -0.460 e. The molecule has 1 aliphatic heterocycles. The zero-order valence-corrected chi connectivity index (χ0v) is 14.8. The number of piperazine rings is 1. The Kier molecular flexibility index (Phi) is 5.87. The monoisotopic (exact) mass is 355 g/mol. The first-order chi connectivity index (χ1) is 11.9. The minimum absolute atomic E-state index is 0. The summed E-state index contributed by atoms with van der Waals surface area (Å²) in [6.45, 7) is 3.76. The maximum Gasteiger partial charge on any atom is 0.134 e. The molecule has 1 atom stereocenters. The molecule has 3 heterocycles. The Morgan fingerprint density at radius 2 is 1.96 bits per heavy atom. The maximum absolute atomic E-state index is 6.08. The van der Waals surface area contributed by atoms with E-state index in [9.17, 15) is 0 Å². The van der Waals surface area contributed by atoms with Crippen molar-refractivity contribution in [1.29, 1.82) is 0 Å². The van der Waals surface area contributed by atoms with Crippen LogP contribution in [0.2, 0.25) is 0 Å². The molecular weight excluding hydrogens is 334 g/mol. The van der Waals surface area contributed by atoms with Crippen LogP contribution < -0.4 is 5.32 Å². The van der Waals surface area contributed by atoms with E-state index < -0.39 is 0 Å². The molecule has 3 aromatic rings. The fourth-order valence-corrected chi connectivity index (χ4v) is 3.26. The van der Waals surface area contributed by atoms with Crippen LogP contribution in [0.5, 0.6) is 0 Å². The standard InChI is InChI=1S/C20H21N3O.ClH/c1-2-5-16(6-3-1)20-9-8-18(24-20)15-23-12-11-22-14-19(23)17-7-4-10-21-13-17;/h1-10,13,19,22H,11-12,14-15H2;1H. The summed E-state index contributed by atoms with van der Waals surface area (Å²) in [6, 6.07) is 18.9. The van der Waals surface area contributed by atoms with Crippen molar-refractivity contribution in [2.75, 3.05) is 19.6 Å². The van der Waals surface area contributed by atoms with E-state index in [0.29, 0.717) is 6.04 Å². The number of pyridine rings is 1. The van der Waals surface area contributed by atoms with Crippen LogP contribution in [0.25, 0.3) is 11.3 Å². The summed E-state index contributed by atoms with van der Waals surface area (Å²) in [5, 5.41) is 3.48. The molecule has 0 aliphatic carbocycles. The number of hydrogen-bond acceptors (Lipinski definition) is 4. The first-order valence-electron chi connectivity index (χ1n) is 8.39. The van der Waals surface area contributed by atoms with E-state index in [0.717, 1.165) is 43.3 Å². The molecule has 0 amide bonds. The summed E-state index contributed by atoms with van der Waals surface area (Å²) in [5.74, 6) is 1.93. The first kappa shape index (κ1) is 17.7. The predicted molar refractivity (Wildman–Crippen MR) is 102 cm³/mol. The van der Waals surface area contributed by atoms with Crippen molar-refractivity contribution >= 4 is 12.4 Å². The van der Waals surface area contributed by atoms with E-state index in [2.05, 4.69) is 45.5 Å². The van der Waals surface area contributed by atoms with Crippen LogP contribution in [-0.2, 0) is 6.54 Å². The maximum atomic E-state index is 6.08. The van der Waals surface area contributed by atoms with Crippen LogP contribution in [0.1, 0.15) is 17.4 Å². The lowest BCUT2D eigenvalue weighted by molar-refractivity contribution is 0.143. The van der Waals surface area contributed by atoms with Gasteiger partial charge in [0.25, 0.3) is 0 Å². The fraction of sp³-hybridized carbons (Fsp3) is 0.250. The number of nitrogens with one attached hydrogen (secondary N) is 1. The second-order valence-corrected chi connectivity index (χ2v) is 6.11. The number of benzene rings is 1. The van der Waals surface area contributed by atoms with Gasteiger partial charge >= 0.3 is 0 Å². The van der Waals surface area contributed by atoms with E-state index >= 15 is 0 Å². The van der Waals surface area contributed by atoms with E-state index in [1.165, 1.54) is 5.56 Å². The molecule has 130 valence electrons. The summed E-state index contributed by atoms with van der Waals surface area (Å²) in [4.78, 5) is 6.73. The molecule has 1 aromatic carbocycles. The van der Waals surface area contributed by atoms with Gasteiger partial charge in [-0.1, -0.05) is 36.4 Å². The van der Waals surface area contributed by atoms with Gasteiger partial charge in [0.15, 0.2) is 0 Å². The van der Waals surface area contributed by atoms with Crippen LogP contribution >= 0.6 is 12.4 Å². The second-order valence-electron chi connectivity index (χ2n) is 6.11. The molecule has 1 fully saturated rings. The van der Waals surface area contributed by atoms with Crippen molar-refractivity contribution in [3.63, 3.8) is 0 Å². The molecule has 1 aliphatic rings. The Morgan fingerprint density at radius 3 is 2.76 bits per heavy atom. The highest BCUT2D eigenvalue weighted by Gasteiger charge is 2.24. The summed E-state index contributed by atoms with van der Waals surface area (Å²) in [6.07, 6.45) is 3.78. The molecule has 1 N–H and O–H groups in total. The molecule has 0 radical (unpaired) electrons. The molecule has 0 bridgehead atoms. The van der Waals surface area contributed by atoms with E-state index in [4.69, 9.17) is 4.42 Å². The second kappa shape index (κ2) is 8.30. The molecule has 25 heavy (non-hydrogen) atoms. The molecule has 1 saturated heterocycles. The van der Waals surface area contributed by atoms with E-state index in [1.807, 2.05) is 36.7 Å². The van der Waals surface area contributed by atoms with Gasteiger partial charge in [-0.25, -0.2) is 0 Å². The number of hydrogen-bond donors (Lipinski definition) is 1. The topological polar surface area (TPSA) is 41.3 Å². The molecule has 5 heteroatoms. The van der Waals surface area contributed by atoms with Crippen LogP contribution in [0.4, 0.5) is 0 Å². The van der Waals surface area contributed by atoms with Crippen molar-refractivity contribution < 1.29 is 4.42 Å². The molecular formula is C20H22ClN3O. The van der Waals surface area contributed by atoms with E-state index in [1.54, 1.807) is 0 Å². The molecule has 4 rings (SSSR count). The zero-order chi connectivity index (χ0) is 16.2. The highest BCUT2D eigenvalue weighted by molar-refractivity contribution is 5.85. The molecule has 4 nitrogen and oxygen atoms in total. The van der Waals surface area contributed by atoms with Gasteiger partial charge in [-0.3, -0.25) is 9.88 Å². The summed E-state index contributed by atoms with van der Waals surface area (Å²) in [7, 11) is 0. The lowest BCUT2D eigenvalue weighted by atomic mass is 10.1. The Hall–Kier alpha value is -2.14. The zero-order valence-electron chi connectivity index (χ0n) is 14.0. The summed E-state index contributed by atoms with van der Waals surface area (Å²) >= 11 is 0. The van der Waals surface area contributed by atoms with Gasteiger partial charge in [-0.05, 0) is 23.8 Å². The number of rotatable bonds is 4. The summed E-state index contributed by atoms with van der Waals surface area (Å²) in [5.41, 5.74) is 2.37. The van der Waals surface area contributed by atoms with Gasteiger partial charge in [-0.15, -0.1) is 12.4 Å². The quantitative estimate of drug-likeness (QED) is 0.770. The van der Waals surface area contributed by atoms with Crippen LogP contribution in [0, 0.1) is 0 Å². The van der Waals surface area contributed by atoms with Gasteiger partial charge < -0.3 is 9.73 Å². The van der Waals surface area contributed by atoms with Gasteiger partial charge in [0, 0.05) is 43.6 Å². The number of halogens is 1. The van der Waals surface area contributed by atoms with Gasteiger partial charge in [0.05, 0.1) is 6.54 Å². The number of furan rings is 1. The molecule has 0 spiro atoms. The third kappa shape index (κ3) is 4.10. The Morgan fingerprint density at radius 1 is 1.08 bits per heavy atom. The lowest BCUT2D eigenvalue weighted by Crippen LogP contribution is -2.45. The minimum atomic E-state index is 0. The van der Waals surface area contributed by atoms with Crippen molar-refractivity contribution in [1.82, 2.24) is 15.2 Å². The molecule has 0 saturated carbocycles. The Bertz CT molecular complexity index is 776. The van der Waals surface area contributed by atoms with Crippen LogP contribution in [0.15, 0.2) is 71.4 Å². The van der Waals surface area contributed by atoms with Crippen molar-refractivity contribution in [2.45, 2.75) is 12.6 Å². The third-order valence-electron chi connectivity index (χ3n) is 4.50. The van der Waals surface area contributed by atoms with Crippen molar-refractivity contribution in [3.05, 3.63) is 78.3 Å². The lowest BCUT2D eigenvalue weighted by Gasteiger charge is -2.35. The largest absolute Gasteiger partial charge is 0.460 e. The smallest absolute Gasteiger partial charge is 0.134 e. The summed E-state index contributed by atoms with van der Waals surface area (Å²) < 4.78 is 6.08. The highest BCUT2D eigenvalue weighted by atomic mass is 35.5. The van der Waals surface area contributed by atoms with Crippen LogP contribution in [0.3, 0.4) is 0 Å². The SMILES string of the molecule is Cl.c1ccc(-c2ccc(CN3CCNCC3c3cccnc3)o2)cc1. The Labute approximate surface area is 154 Å². The predicted octanol–water partition coefficient (Wildman–Crippen LogP) is 3.91. The Balaban J connectivity index is 0.00000182. The average molecular weight is 356 g/mol. The average Bonchev–Trinajstić information content (AvgIpc) is 3.12. The van der Waals surface area contributed by atoms with E-state index in [-0.39, 0.29) is 12.4 Å². The van der Waals surface area contributed by atoms with Crippen molar-refractivity contribution in [3.8, 4) is 11.3 Å². The van der Waals surface area contributed by atoms with Gasteiger partial charge in [0.2, 0.25) is 0 Å². The molecule has 2 aromatic heterocycles. The van der Waals surface area contributed by atoms with Crippen LogP contribution in [-0.4, -0.2) is 29.5 Å². The molecule has 1 unspecified atom stereocenters. The fourth-order valence-electron chi connectivity index (χ4n) is 3.26. The van der Waals surface area contributed by atoms with Gasteiger partial charge in [-0.2, -0.15) is 0 Å². The normalized spacial score (nSPS) is 17.8. The number of nitrogens with zero attached hydrogens (tertiary/aromatic N) is 2. The first-order valence-corrected chi connectivity index (χ1v) is 8.39.